The van der Waals surface area contributed by atoms with Gasteiger partial charge in [0.25, 0.3) is 0 Å². The minimum atomic E-state index is -0.611. The van der Waals surface area contributed by atoms with Crippen molar-refractivity contribution in [1.82, 2.24) is 16.0 Å². The number of unbranched alkanes of at least 4 members (excludes halogenated alkanes) is 12. The maximum Gasteiger partial charge on any atom is 0.336 e. The Kier molecular flexibility index (Phi) is 19.0. The number of phenolic OH excluding ortho intramolecular Hbond substituents is 1. The Labute approximate surface area is 256 Å². The van der Waals surface area contributed by atoms with E-state index in [9.17, 15) is 19.5 Å². The Morgan fingerprint density at radius 3 is 1.98 bits per heavy atom. The third-order valence-electron chi connectivity index (χ3n) is 7.50. The molecule has 0 atom stereocenters. The number of fused-ring (bicyclic) bond motifs is 1. The summed E-state index contributed by atoms with van der Waals surface area (Å²) >= 11 is 0. The van der Waals surface area contributed by atoms with E-state index in [4.69, 9.17) is 10.2 Å². The fourth-order valence-corrected chi connectivity index (χ4v) is 5.08. The highest BCUT2D eigenvalue weighted by Gasteiger charge is 2.15. The predicted molar refractivity (Wildman–Crippen MR) is 175 cm³/mol. The van der Waals surface area contributed by atoms with Gasteiger partial charge in [-0.05, 0) is 18.1 Å². The van der Waals surface area contributed by atoms with Gasteiger partial charge in [-0.25, -0.2) is 4.79 Å². The molecule has 0 bridgehead atoms. The van der Waals surface area contributed by atoms with Gasteiger partial charge < -0.3 is 36.5 Å². The highest BCUT2D eigenvalue weighted by Crippen LogP contribution is 2.31. The molecule has 0 radical (unpaired) electrons. The van der Waals surface area contributed by atoms with Gasteiger partial charge in [0.2, 0.25) is 11.8 Å². The zero-order chi connectivity index (χ0) is 31.1. The van der Waals surface area contributed by atoms with Crippen LogP contribution in [0.1, 0.15) is 102 Å². The number of hydrogen-bond acceptors (Lipinski definition) is 8. The lowest BCUT2D eigenvalue weighted by Gasteiger charge is -2.11. The molecule has 0 aliphatic carbocycles. The first-order valence-electron chi connectivity index (χ1n) is 16.4. The molecule has 0 fully saturated rings. The zero-order valence-corrected chi connectivity index (χ0v) is 26.2. The van der Waals surface area contributed by atoms with Crippen LogP contribution in [0.15, 0.2) is 27.4 Å². The van der Waals surface area contributed by atoms with E-state index in [1.165, 1.54) is 76.3 Å². The van der Waals surface area contributed by atoms with Crippen LogP contribution >= 0.6 is 0 Å². The average Bonchev–Trinajstić information content (AvgIpc) is 2.97. The lowest BCUT2D eigenvalue weighted by Crippen LogP contribution is -2.36. The van der Waals surface area contributed by atoms with E-state index in [1.807, 2.05) is 0 Å². The molecule has 242 valence electrons. The van der Waals surface area contributed by atoms with Crippen molar-refractivity contribution in [3.05, 3.63) is 34.2 Å². The van der Waals surface area contributed by atoms with Crippen molar-refractivity contribution in [2.75, 3.05) is 44.6 Å². The van der Waals surface area contributed by atoms with Crippen molar-refractivity contribution in [3.63, 3.8) is 0 Å². The van der Waals surface area contributed by atoms with Crippen LogP contribution in [0.25, 0.3) is 11.0 Å². The number of rotatable bonds is 25. The van der Waals surface area contributed by atoms with Gasteiger partial charge in [0.05, 0.1) is 12.1 Å². The Morgan fingerprint density at radius 1 is 0.767 bits per heavy atom. The molecule has 10 nitrogen and oxygen atoms in total. The number of anilines is 1. The minimum Gasteiger partial charge on any atom is -0.506 e. The largest absolute Gasteiger partial charge is 0.506 e. The van der Waals surface area contributed by atoms with Gasteiger partial charge >= 0.3 is 5.63 Å². The monoisotopic (exact) mass is 601 g/mol. The summed E-state index contributed by atoms with van der Waals surface area (Å²) in [6.07, 6.45) is 16.4. The highest BCUT2D eigenvalue weighted by molar-refractivity contribution is 5.97. The second kappa shape index (κ2) is 22.6. The third-order valence-corrected chi connectivity index (χ3v) is 7.50. The van der Waals surface area contributed by atoms with Crippen molar-refractivity contribution < 1.29 is 19.1 Å². The standard InChI is InChI=1S/C33H55N5O5/c1-2-3-4-5-6-7-8-9-10-11-12-13-14-15-31(40)38-28-24-27-26(23-33(42)43-30(27)25-29(28)39)22-32(41)37-21-20-36-19-18-35-17-16-34/h23-25,35-36,39H,2-22,34H2,1H3,(H,37,41)(H,38,40). The summed E-state index contributed by atoms with van der Waals surface area (Å²) in [7, 11) is 0. The van der Waals surface area contributed by atoms with Crippen LogP contribution in [0.5, 0.6) is 5.75 Å². The van der Waals surface area contributed by atoms with E-state index in [1.54, 1.807) is 6.07 Å². The lowest BCUT2D eigenvalue weighted by molar-refractivity contribution is -0.120. The molecule has 2 amide bonds. The van der Waals surface area contributed by atoms with Crippen LogP contribution < -0.4 is 32.6 Å². The smallest absolute Gasteiger partial charge is 0.336 e. The molecule has 1 heterocycles. The fourth-order valence-electron chi connectivity index (χ4n) is 5.08. The quantitative estimate of drug-likeness (QED) is 0.0542. The molecule has 0 aliphatic rings. The zero-order valence-electron chi connectivity index (χ0n) is 26.2. The number of benzene rings is 1. The number of carbonyl (C=O) groups is 2. The maximum atomic E-state index is 12.6. The second-order valence-corrected chi connectivity index (χ2v) is 11.3. The number of carbonyl (C=O) groups excluding carboxylic acids is 2. The van der Waals surface area contributed by atoms with Crippen molar-refractivity contribution in [2.24, 2.45) is 5.73 Å². The van der Waals surface area contributed by atoms with Crippen molar-refractivity contribution >= 4 is 28.5 Å². The fraction of sp³-hybridized carbons (Fsp3) is 0.667. The third kappa shape index (κ3) is 15.9. The van der Waals surface area contributed by atoms with E-state index >= 15 is 0 Å². The molecule has 1 aromatic carbocycles. The van der Waals surface area contributed by atoms with Gasteiger partial charge in [-0.2, -0.15) is 0 Å². The molecule has 0 saturated heterocycles. The molecular weight excluding hydrogens is 546 g/mol. The van der Waals surface area contributed by atoms with E-state index in [0.29, 0.717) is 37.0 Å². The molecule has 0 unspecified atom stereocenters. The van der Waals surface area contributed by atoms with Crippen LogP contribution in [0.3, 0.4) is 0 Å². The predicted octanol–water partition coefficient (Wildman–Crippen LogP) is 4.72. The minimum absolute atomic E-state index is 0.0305. The Morgan fingerprint density at radius 2 is 1.35 bits per heavy atom. The van der Waals surface area contributed by atoms with E-state index in [2.05, 4.69) is 28.2 Å². The molecule has 0 aliphatic heterocycles. The molecule has 0 saturated carbocycles. The molecular formula is C33H55N5O5. The molecule has 0 spiro atoms. The normalized spacial score (nSPS) is 11.2. The van der Waals surface area contributed by atoms with Crippen LogP contribution in [0.4, 0.5) is 5.69 Å². The van der Waals surface area contributed by atoms with Gasteiger partial charge in [0, 0.05) is 63.2 Å². The molecule has 7 N–H and O–H groups in total. The van der Waals surface area contributed by atoms with E-state index < -0.39 is 5.63 Å². The second-order valence-electron chi connectivity index (χ2n) is 11.3. The van der Waals surface area contributed by atoms with Crippen molar-refractivity contribution in [3.8, 4) is 5.75 Å². The topological polar surface area (TPSA) is 159 Å². The number of amides is 2. The summed E-state index contributed by atoms with van der Waals surface area (Å²) in [4.78, 5) is 37.2. The number of nitrogens with one attached hydrogen (secondary N) is 4. The summed E-state index contributed by atoms with van der Waals surface area (Å²) in [5.41, 5.74) is 5.69. The Balaban J connectivity index is 1.74. The Hall–Kier alpha value is -2.95. The van der Waals surface area contributed by atoms with Crippen LogP contribution in [0, 0.1) is 0 Å². The number of nitrogens with two attached hydrogens (primary N) is 1. The van der Waals surface area contributed by atoms with Gasteiger partial charge in [0.1, 0.15) is 11.3 Å². The summed E-state index contributed by atoms with van der Waals surface area (Å²) in [6, 6.07) is 4.15. The van der Waals surface area contributed by atoms with Gasteiger partial charge in [0.15, 0.2) is 0 Å². The highest BCUT2D eigenvalue weighted by atomic mass is 16.4. The summed E-state index contributed by atoms with van der Waals surface area (Å²) in [5.74, 6) is -0.612. The Bertz CT molecular complexity index is 1140. The molecule has 10 heteroatoms. The van der Waals surface area contributed by atoms with Gasteiger partial charge in [-0.15, -0.1) is 0 Å². The first-order valence-corrected chi connectivity index (χ1v) is 16.4. The van der Waals surface area contributed by atoms with Crippen molar-refractivity contribution in [2.45, 2.75) is 103 Å². The summed E-state index contributed by atoms with van der Waals surface area (Å²) < 4.78 is 5.25. The van der Waals surface area contributed by atoms with E-state index in [-0.39, 0.29) is 35.3 Å². The van der Waals surface area contributed by atoms with Crippen LogP contribution in [-0.4, -0.2) is 56.2 Å². The molecule has 1 aromatic heterocycles. The molecule has 2 rings (SSSR count). The lowest BCUT2D eigenvalue weighted by atomic mass is 10.0. The maximum absolute atomic E-state index is 12.6. The van der Waals surface area contributed by atoms with Crippen LogP contribution in [0.2, 0.25) is 0 Å². The van der Waals surface area contributed by atoms with Gasteiger partial charge in [-0.3, -0.25) is 9.59 Å². The molecule has 2 aromatic rings. The first-order chi connectivity index (χ1) is 20.9. The average molecular weight is 602 g/mol. The SMILES string of the molecule is CCCCCCCCCCCCCCCC(=O)Nc1cc2c(CC(=O)NCCNCCNCCN)cc(=O)oc2cc1O. The summed E-state index contributed by atoms with van der Waals surface area (Å²) in [5, 5.41) is 23.0. The first kappa shape index (κ1) is 36.2. The van der Waals surface area contributed by atoms with Crippen LogP contribution in [-0.2, 0) is 16.0 Å². The number of hydrogen-bond donors (Lipinski definition) is 6. The van der Waals surface area contributed by atoms with E-state index in [0.717, 1.165) is 38.9 Å². The van der Waals surface area contributed by atoms with Crippen molar-refractivity contribution in [1.29, 1.82) is 0 Å². The summed E-state index contributed by atoms with van der Waals surface area (Å²) in [6.45, 7) is 6.21. The number of aromatic hydroxyl groups is 1. The molecule has 43 heavy (non-hydrogen) atoms. The number of phenols is 1. The van der Waals surface area contributed by atoms with Gasteiger partial charge in [-0.1, -0.05) is 84.0 Å².